The first-order valence-electron chi connectivity index (χ1n) is 4.69. The van der Waals surface area contributed by atoms with E-state index in [1.807, 2.05) is 12.3 Å². The van der Waals surface area contributed by atoms with Gasteiger partial charge in [0, 0.05) is 18.9 Å². The van der Waals surface area contributed by atoms with Gasteiger partial charge in [-0.3, -0.25) is 4.98 Å². The van der Waals surface area contributed by atoms with Crippen LogP contribution in [-0.2, 0) is 13.1 Å². The van der Waals surface area contributed by atoms with E-state index in [1.54, 1.807) is 6.20 Å². The lowest BCUT2D eigenvalue weighted by Crippen LogP contribution is -2.14. The number of nitrogens with one attached hydrogen (secondary N) is 2. The van der Waals surface area contributed by atoms with E-state index in [4.69, 9.17) is 0 Å². The molecule has 0 spiro atoms. The zero-order valence-corrected chi connectivity index (χ0v) is 8.44. The lowest BCUT2D eigenvalue weighted by Gasteiger charge is -2.04. The molecule has 0 amide bonds. The van der Waals surface area contributed by atoms with E-state index in [0.717, 1.165) is 6.54 Å². The maximum absolute atomic E-state index is 4.07. The Kier molecular flexibility index (Phi) is 2.99. The molecule has 0 saturated carbocycles. The molecular weight excluding hydrogens is 192 g/mol. The van der Waals surface area contributed by atoms with Crippen molar-refractivity contribution in [2.75, 3.05) is 0 Å². The molecule has 0 atom stereocenters. The van der Waals surface area contributed by atoms with Gasteiger partial charge >= 0.3 is 0 Å². The Hall–Kier alpha value is -1.82. The molecule has 6 nitrogen and oxygen atoms in total. The normalized spacial score (nSPS) is 10.5. The standard InChI is InChI=1S/C9H12N6/c1-7-2-3-10-4-8(7)5-11-6-9-12-14-15-13-9/h2-4,11H,5-6H2,1H3,(H,12,13,14,15). The van der Waals surface area contributed by atoms with Gasteiger partial charge in [-0.2, -0.15) is 5.21 Å². The number of rotatable bonds is 4. The van der Waals surface area contributed by atoms with Crippen molar-refractivity contribution in [1.82, 2.24) is 30.9 Å². The van der Waals surface area contributed by atoms with Crippen LogP contribution in [0.4, 0.5) is 0 Å². The first-order chi connectivity index (χ1) is 7.36. The summed E-state index contributed by atoms with van der Waals surface area (Å²) in [6.45, 7) is 3.42. The number of hydrogen-bond donors (Lipinski definition) is 2. The molecular formula is C9H12N6. The first kappa shape index (κ1) is 9.72. The number of tetrazole rings is 1. The summed E-state index contributed by atoms with van der Waals surface area (Å²) in [5.74, 6) is 0.663. The SMILES string of the molecule is Cc1ccncc1CNCc1nn[nH]n1. The molecule has 15 heavy (non-hydrogen) atoms. The third-order valence-corrected chi connectivity index (χ3v) is 2.14. The van der Waals surface area contributed by atoms with Gasteiger partial charge in [-0.1, -0.05) is 5.21 Å². The second kappa shape index (κ2) is 4.61. The Labute approximate surface area is 87.1 Å². The van der Waals surface area contributed by atoms with E-state index in [0.29, 0.717) is 12.4 Å². The second-order valence-corrected chi connectivity index (χ2v) is 3.23. The smallest absolute Gasteiger partial charge is 0.188 e. The number of hydrogen-bond acceptors (Lipinski definition) is 5. The van der Waals surface area contributed by atoms with E-state index in [2.05, 4.69) is 37.8 Å². The zero-order valence-electron chi connectivity index (χ0n) is 8.44. The molecule has 2 N–H and O–H groups in total. The maximum Gasteiger partial charge on any atom is 0.188 e. The van der Waals surface area contributed by atoms with Crippen molar-refractivity contribution in [2.45, 2.75) is 20.0 Å². The Morgan fingerprint density at radius 1 is 1.40 bits per heavy atom. The van der Waals surface area contributed by atoms with Crippen molar-refractivity contribution < 1.29 is 0 Å². The summed E-state index contributed by atoms with van der Waals surface area (Å²) < 4.78 is 0. The highest BCUT2D eigenvalue weighted by Gasteiger charge is 1.99. The van der Waals surface area contributed by atoms with Crippen LogP contribution in [0.25, 0.3) is 0 Å². The lowest BCUT2D eigenvalue weighted by molar-refractivity contribution is 0.660. The second-order valence-electron chi connectivity index (χ2n) is 3.23. The van der Waals surface area contributed by atoms with Gasteiger partial charge in [0.15, 0.2) is 5.82 Å². The molecule has 0 bridgehead atoms. The number of nitrogens with zero attached hydrogens (tertiary/aromatic N) is 4. The minimum atomic E-state index is 0.602. The highest BCUT2D eigenvalue weighted by molar-refractivity contribution is 5.20. The predicted molar refractivity (Wildman–Crippen MR) is 53.7 cm³/mol. The monoisotopic (exact) mass is 204 g/mol. The number of aryl methyl sites for hydroxylation is 1. The fraction of sp³-hybridized carbons (Fsp3) is 0.333. The number of aromatic nitrogens is 5. The van der Waals surface area contributed by atoms with E-state index in [9.17, 15) is 0 Å². The van der Waals surface area contributed by atoms with Crippen LogP contribution in [0.15, 0.2) is 18.5 Å². The molecule has 0 radical (unpaired) electrons. The van der Waals surface area contributed by atoms with Gasteiger partial charge in [0.2, 0.25) is 0 Å². The molecule has 0 fully saturated rings. The third-order valence-electron chi connectivity index (χ3n) is 2.14. The predicted octanol–water partition coefficient (Wildman–Crippen LogP) is 0.193. The molecule has 0 aliphatic rings. The number of pyridine rings is 1. The first-order valence-corrected chi connectivity index (χ1v) is 4.69. The van der Waals surface area contributed by atoms with Crippen LogP contribution in [0, 0.1) is 6.92 Å². The van der Waals surface area contributed by atoms with Crippen LogP contribution in [0.2, 0.25) is 0 Å². The van der Waals surface area contributed by atoms with Gasteiger partial charge in [0.25, 0.3) is 0 Å². The maximum atomic E-state index is 4.07. The summed E-state index contributed by atoms with van der Waals surface area (Å²) >= 11 is 0. The molecule has 0 aliphatic heterocycles. The highest BCUT2D eigenvalue weighted by Crippen LogP contribution is 2.03. The van der Waals surface area contributed by atoms with E-state index in [-0.39, 0.29) is 0 Å². The van der Waals surface area contributed by atoms with E-state index < -0.39 is 0 Å². The summed E-state index contributed by atoms with van der Waals surface area (Å²) in [7, 11) is 0. The highest BCUT2D eigenvalue weighted by atomic mass is 15.5. The number of H-pyrrole nitrogens is 1. The summed E-state index contributed by atoms with van der Waals surface area (Å²) in [4.78, 5) is 4.07. The average molecular weight is 204 g/mol. The van der Waals surface area contributed by atoms with Crippen LogP contribution in [0.3, 0.4) is 0 Å². The van der Waals surface area contributed by atoms with Crippen molar-refractivity contribution >= 4 is 0 Å². The van der Waals surface area contributed by atoms with Gasteiger partial charge in [0.1, 0.15) is 0 Å². The van der Waals surface area contributed by atoms with E-state index >= 15 is 0 Å². The molecule has 2 aromatic heterocycles. The van der Waals surface area contributed by atoms with Crippen LogP contribution < -0.4 is 5.32 Å². The lowest BCUT2D eigenvalue weighted by atomic mass is 10.1. The van der Waals surface area contributed by atoms with Crippen molar-refractivity contribution in [3.05, 3.63) is 35.4 Å². The molecule has 2 aromatic rings. The van der Waals surface area contributed by atoms with Gasteiger partial charge in [-0.25, -0.2) is 0 Å². The van der Waals surface area contributed by atoms with Crippen LogP contribution in [0.1, 0.15) is 17.0 Å². The molecule has 0 aromatic carbocycles. The molecule has 2 rings (SSSR count). The Morgan fingerprint density at radius 2 is 2.33 bits per heavy atom. The topological polar surface area (TPSA) is 79.4 Å². The molecule has 6 heteroatoms. The summed E-state index contributed by atoms with van der Waals surface area (Å²) in [5.41, 5.74) is 2.41. The summed E-state index contributed by atoms with van der Waals surface area (Å²) in [6, 6.07) is 1.99. The van der Waals surface area contributed by atoms with E-state index in [1.165, 1.54) is 11.1 Å². The van der Waals surface area contributed by atoms with Gasteiger partial charge in [-0.05, 0) is 24.1 Å². The quantitative estimate of drug-likeness (QED) is 0.743. The van der Waals surface area contributed by atoms with Crippen LogP contribution in [0.5, 0.6) is 0 Å². The molecule has 0 unspecified atom stereocenters. The van der Waals surface area contributed by atoms with Crippen LogP contribution >= 0.6 is 0 Å². The molecule has 78 valence electrons. The zero-order chi connectivity index (χ0) is 10.5. The number of aromatic amines is 1. The Balaban J connectivity index is 1.86. The largest absolute Gasteiger partial charge is 0.306 e. The minimum Gasteiger partial charge on any atom is -0.306 e. The molecule has 2 heterocycles. The average Bonchev–Trinajstić information content (AvgIpc) is 2.74. The van der Waals surface area contributed by atoms with Gasteiger partial charge < -0.3 is 5.32 Å². The fourth-order valence-electron chi connectivity index (χ4n) is 1.25. The summed E-state index contributed by atoms with van der Waals surface area (Å²) in [5, 5.41) is 16.8. The Morgan fingerprint density at radius 3 is 3.07 bits per heavy atom. The van der Waals surface area contributed by atoms with Crippen molar-refractivity contribution in [3.63, 3.8) is 0 Å². The van der Waals surface area contributed by atoms with Crippen molar-refractivity contribution in [2.24, 2.45) is 0 Å². The third kappa shape index (κ3) is 2.57. The van der Waals surface area contributed by atoms with Crippen molar-refractivity contribution in [1.29, 1.82) is 0 Å². The molecule has 0 aliphatic carbocycles. The summed E-state index contributed by atoms with van der Waals surface area (Å²) in [6.07, 6.45) is 3.65. The Bertz CT molecular complexity index is 410. The van der Waals surface area contributed by atoms with Gasteiger partial charge in [-0.15, -0.1) is 10.2 Å². The van der Waals surface area contributed by atoms with Gasteiger partial charge in [0.05, 0.1) is 6.54 Å². The minimum absolute atomic E-state index is 0.602. The van der Waals surface area contributed by atoms with Crippen LogP contribution in [-0.4, -0.2) is 25.6 Å². The fourth-order valence-corrected chi connectivity index (χ4v) is 1.25. The van der Waals surface area contributed by atoms with Crippen molar-refractivity contribution in [3.8, 4) is 0 Å². The molecule has 0 saturated heterocycles.